The van der Waals surface area contributed by atoms with Crippen molar-refractivity contribution in [3.8, 4) is 0 Å². The average molecular weight is 321 g/mol. The Morgan fingerprint density at radius 3 is 2.82 bits per heavy atom. The highest BCUT2D eigenvalue weighted by Crippen LogP contribution is 2.28. The number of aromatic nitrogens is 4. The van der Waals surface area contributed by atoms with E-state index >= 15 is 0 Å². The summed E-state index contributed by atoms with van der Waals surface area (Å²) in [5.74, 6) is 0.652. The lowest BCUT2D eigenvalue weighted by atomic mass is 9.95. The van der Waals surface area contributed by atoms with Crippen LogP contribution < -0.4 is 4.72 Å². The van der Waals surface area contributed by atoms with Gasteiger partial charge >= 0.3 is 0 Å². The fourth-order valence-electron chi connectivity index (χ4n) is 2.81. The van der Waals surface area contributed by atoms with E-state index in [0.717, 1.165) is 12.8 Å². The van der Waals surface area contributed by atoms with Crippen LogP contribution in [0.1, 0.15) is 44.0 Å². The van der Waals surface area contributed by atoms with E-state index in [1.165, 1.54) is 31.5 Å². The van der Waals surface area contributed by atoms with Gasteiger partial charge in [-0.05, 0) is 25.0 Å². The maximum absolute atomic E-state index is 12.2. The summed E-state index contributed by atoms with van der Waals surface area (Å²) >= 11 is 0. The minimum Gasteiger partial charge on any atom is -0.313 e. The average Bonchev–Trinajstić information content (AvgIpc) is 3.03. The van der Waals surface area contributed by atoms with Crippen LogP contribution in [-0.4, -0.2) is 28.2 Å². The van der Waals surface area contributed by atoms with Crippen LogP contribution in [0, 0.1) is 0 Å². The van der Waals surface area contributed by atoms with Crippen molar-refractivity contribution >= 4 is 10.0 Å². The Morgan fingerprint density at radius 1 is 1.27 bits per heavy atom. The van der Waals surface area contributed by atoms with Crippen LogP contribution >= 0.6 is 0 Å². The molecule has 118 valence electrons. The highest BCUT2D eigenvalue weighted by atomic mass is 32.2. The van der Waals surface area contributed by atoms with Gasteiger partial charge in [-0.2, -0.15) is 0 Å². The second-order valence-electron chi connectivity index (χ2n) is 5.46. The number of hydrogen-bond acceptors (Lipinski definition) is 5. The van der Waals surface area contributed by atoms with Gasteiger partial charge < -0.3 is 4.57 Å². The molecule has 0 aromatic carbocycles. The van der Waals surface area contributed by atoms with Gasteiger partial charge in [-0.25, -0.2) is 13.1 Å². The van der Waals surface area contributed by atoms with Gasteiger partial charge in [-0.3, -0.25) is 4.98 Å². The molecule has 0 unspecified atom stereocenters. The number of pyridine rings is 1. The molecular weight excluding hydrogens is 302 g/mol. The van der Waals surface area contributed by atoms with Crippen molar-refractivity contribution in [1.29, 1.82) is 0 Å². The maximum atomic E-state index is 12.2. The van der Waals surface area contributed by atoms with Crippen LogP contribution in [0.4, 0.5) is 0 Å². The Morgan fingerprint density at radius 2 is 2.09 bits per heavy atom. The van der Waals surface area contributed by atoms with Crippen molar-refractivity contribution in [2.75, 3.05) is 0 Å². The zero-order valence-corrected chi connectivity index (χ0v) is 13.0. The van der Waals surface area contributed by atoms with Gasteiger partial charge in [0.2, 0.25) is 10.0 Å². The van der Waals surface area contributed by atoms with Crippen molar-refractivity contribution in [3.05, 3.63) is 36.7 Å². The van der Waals surface area contributed by atoms with Gasteiger partial charge in [0.05, 0.1) is 6.54 Å². The summed E-state index contributed by atoms with van der Waals surface area (Å²) < 4.78 is 29.0. The Balaban J connectivity index is 1.71. The van der Waals surface area contributed by atoms with Crippen molar-refractivity contribution in [2.45, 2.75) is 49.6 Å². The van der Waals surface area contributed by atoms with Gasteiger partial charge in [0, 0.05) is 18.4 Å². The zero-order chi connectivity index (χ0) is 15.4. The third-order valence-electron chi connectivity index (χ3n) is 3.98. The smallest absolute Gasteiger partial charge is 0.242 e. The molecular formula is C14H19N5O2S. The van der Waals surface area contributed by atoms with Crippen LogP contribution in [0.2, 0.25) is 0 Å². The van der Waals surface area contributed by atoms with Crippen molar-refractivity contribution in [3.63, 3.8) is 0 Å². The van der Waals surface area contributed by atoms with E-state index in [9.17, 15) is 8.42 Å². The highest BCUT2D eigenvalue weighted by molar-refractivity contribution is 7.89. The maximum Gasteiger partial charge on any atom is 0.242 e. The lowest BCUT2D eigenvalue weighted by Gasteiger charge is -2.24. The van der Waals surface area contributed by atoms with Crippen LogP contribution in [0.25, 0.3) is 0 Å². The molecule has 7 nitrogen and oxygen atoms in total. The van der Waals surface area contributed by atoms with E-state index in [1.807, 2.05) is 4.57 Å². The summed E-state index contributed by atoms with van der Waals surface area (Å²) in [6.07, 6.45) is 10.4. The minimum absolute atomic E-state index is 0.133. The molecule has 8 heteroatoms. The van der Waals surface area contributed by atoms with Crippen LogP contribution in [0.15, 0.2) is 35.7 Å². The number of nitrogens with one attached hydrogen (secondary N) is 1. The summed E-state index contributed by atoms with van der Waals surface area (Å²) in [5.41, 5.74) is 0. The molecule has 0 atom stereocenters. The summed E-state index contributed by atoms with van der Waals surface area (Å²) in [7, 11) is -3.58. The van der Waals surface area contributed by atoms with E-state index in [2.05, 4.69) is 19.9 Å². The molecule has 2 heterocycles. The summed E-state index contributed by atoms with van der Waals surface area (Å²) in [5, 5.41) is 8.00. The van der Waals surface area contributed by atoms with E-state index in [0.29, 0.717) is 11.9 Å². The Bertz CT molecular complexity index is 708. The van der Waals surface area contributed by atoms with E-state index in [-0.39, 0.29) is 11.4 Å². The lowest BCUT2D eigenvalue weighted by molar-refractivity contribution is 0.344. The molecule has 1 N–H and O–H groups in total. The first-order chi connectivity index (χ1) is 10.7. The second kappa shape index (κ2) is 6.53. The number of sulfonamides is 1. The molecule has 0 bridgehead atoms. The predicted octanol–water partition coefficient (Wildman–Crippen LogP) is 1.66. The molecule has 0 amide bonds. The molecule has 22 heavy (non-hydrogen) atoms. The Labute approximate surface area is 129 Å². The molecule has 0 radical (unpaired) electrons. The Kier molecular flexibility index (Phi) is 4.49. The predicted molar refractivity (Wildman–Crippen MR) is 80.4 cm³/mol. The SMILES string of the molecule is O=S(=O)(NCc1nncn1C1CCCCC1)c1cccnc1. The molecule has 3 rings (SSSR count). The first kappa shape index (κ1) is 15.1. The third kappa shape index (κ3) is 3.33. The van der Waals surface area contributed by atoms with E-state index in [1.54, 1.807) is 18.6 Å². The molecule has 0 spiro atoms. The van der Waals surface area contributed by atoms with E-state index in [4.69, 9.17) is 0 Å². The highest BCUT2D eigenvalue weighted by Gasteiger charge is 2.20. The molecule has 0 saturated heterocycles. The lowest BCUT2D eigenvalue weighted by Crippen LogP contribution is -2.26. The summed E-state index contributed by atoms with van der Waals surface area (Å²) in [6.45, 7) is 0.133. The molecule has 1 aliphatic rings. The molecule has 1 aliphatic carbocycles. The van der Waals surface area contributed by atoms with Crippen LogP contribution in [-0.2, 0) is 16.6 Å². The molecule has 1 saturated carbocycles. The monoisotopic (exact) mass is 321 g/mol. The number of rotatable bonds is 5. The van der Waals surface area contributed by atoms with Crippen LogP contribution in [0.3, 0.4) is 0 Å². The van der Waals surface area contributed by atoms with Crippen molar-refractivity contribution in [1.82, 2.24) is 24.5 Å². The minimum atomic E-state index is -3.58. The normalized spacial score (nSPS) is 16.7. The van der Waals surface area contributed by atoms with Gasteiger partial charge in [0.1, 0.15) is 17.0 Å². The Hall–Kier alpha value is -1.80. The second-order valence-corrected chi connectivity index (χ2v) is 7.23. The fraction of sp³-hybridized carbons (Fsp3) is 0.500. The van der Waals surface area contributed by atoms with E-state index < -0.39 is 10.0 Å². The molecule has 1 fully saturated rings. The summed E-state index contributed by atoms with van der Waals surface area (Å²) in [6, 6.07) is 3.49. The van der Waals surface area contributed by atoms with Gasteiger partial charge in [0.15, 0.2) is 0 Å². The van der Waals surface area contributed by atoms with Crippen LogP contribution in [0.5, 0.6) is 0 Å². The third-order valence-corrected chi connectivity index (χ3v) is 5.37. The largest absolute Gasteiger partial charge is 0.313 e. The number of nitrogens with zero attached hydrogens (tertiary/aromatic N) is 4. The topological polar surface area (TPSA) is 89.8 Å². The molecule has 0 aliphatic heterocycles. The zero-order valence-electron chi connectivity index (χ0n) is 12.2. The van der Waals surface area contributed by atoms with Gasteiger partial charge in [-0.15, -0.1) is 10.2 Å². The number of hydrogen-bond donors (Lipinski definition) is 1. The summed E-state index contributed by atoms with van der Waals surface area (Å²) in [4.78, 5) is 3.99. The molecule has 2 aromatic rings. The standard InChI is InChI=1S/C14H19N5O2S/c20-22(21,13-7-4-8-15-9-13)17-10-14-18-16-11-19(14)12-5-2-1-3-6-12/h4,7-9,11-12,17H,1-3,5-6,10H2. The first-order valence-corrected chi connectivity index (χ1v) is 8.93. The van der Waals surface area contributed by atoms with Crippen molar-refractivity contribution < 1.29 is 8.42 Å². The van der Waals surface area contributed by atoms with Gasteiger partial charge in [0.25, 0.3) is 0 Å². The quantitative estimate of drug-likeness (QED) is 0.904. The van der Waals surface area contributed by atoms with Crippen molar-refractivity contribution in [2.24, 2.45) is 0 Å². The fourth-order valence-corrected chi connectivity index (χ4v) is 3.75. The molecule has 2 aromatic heterocycles. The van der Waals surface area contributed by atoms with Gasteiger partial charge in [-0.1, -0.05) is 19.3 Å². The first-order valence-electron chi connectivity index (χ1n) is 7.45.